The highest BCUT2D eigenvalue weighted by Crippen LogP contribution is 2.38. The lowest BCUT2D eigenvalue weighted by Gasteiger charge is -2.18. The van der Waals surface area contributed by atoms with E-state index in [-0.39, 0.29) is 4.83 Å². The molecule has 20 heavy (non-hydrogen) atoms. The molecule has 0 aliphatic rings. The summed E-state index contributed by atoms with van der Waals surface area (Å²) in [5.74, 6) is 0. The maximum atomic E-state index is 6.14. The second-order valence-corrected chi connectivity index (χ2v) is 6.98. The first-order valence-electron chi connectivity index (χ1n) is 6.77. The van der Waals surface area contributed by atoms with E-state index in [4.69, 9.17) is 11.6 Å². The van der Waals surface area contributed by atoms with Gasteiger partial charge in [0.05, 0.1) is 4.83 Å². The first kappa shape index (κ1) is 16.1. The molecule has 1 atom stereocenters. The Bertz CT molecular complexity index is 608. The third kappa shape index (κ3) is 3.47. The molecule has 1 unspecified atom stereocenters. The number of hydrogen-bond acceptors (Lipinski definition) is 0. The Hall–Kier alpha value is -0.310. The van der Waals surface area contributed by atoms with E-state index < -0.39 is 0 Å². The molecule has 2 rings (SSSR count). The Kier molecular flexibility index (Phi) is 5.71. The molecule has 0 aliphatic heterocycles. The molecular formula is C17H17Br2Cl. The Balaban J connectivity index is 2.51. The van der Waals surface area contributed by atoms with Crippen LogP contribution in [0.4, 0.5) is 0 Å². The number of benzene rings is 2. The predicted octanol–water partition coefficient (Wildman–Crippen LogP) is 6.71. The van der Waals surface area contributed by atoms with Crippen LogP contribution in [0.15, 0.2) is 40.9 Å². The van der Waals surface area contributed by atoms with E-state index in [9.17, 15) is 0 Å². The molecule has 0 bridgehead atoms. The number of hydrogen-bond donors (Lipinski definition) is 0. The maximum Gasteiger partial charge on any atom is 0.0658 e. The normalized spacial score (nSPS) is 12.4. The highest BCUT2D eigenvalue weighted by Gasteiger charge is 2.17. The zero-order chi connectivity index (χ0) is 14.7. The van der Waals surface area contributed by atoms with Crippen molar-refractivity contribution in [2.24, 2.45) is 0 Å². The van der Waals surface area contributed by atoms with Crippen LogP contribution in [0.2, 0.25) is 5.02 Å². The van der Waals surface area contributed by atoms with Crippen LogP contribution < -0.4 is 0 Å². The lowest BCUT2D eigenvalue weighted by atomic mass is 9.95. The van der Waals surface area contributed by atoms with Crippen molar-refractivity contribution in [1.82, 2.24) is 0 Å². The second kappa shape index (κ2) is 7.11. The van der Waals surface area contributed by atoms with Gasteiger partial charge in [-0.05, 0) is 53.3 Å². The van der Waals surface area contributed by atoms with Crippen LogP contribution in [-0.2, 0) is 12.8 Å². The van der Waals surface area contributed by atoms with Crippen LogP contribution in [0.3, 0.4) is 0 Å². The molecule has 106 valence electrons. The van der Waals surface area contributed by atoms with E-state index in [1.165, 1.54) is 22.3 Å². The minimum absolute atomic E-state index is 0.150. The standard InChI is InChI=1S/C17H17Br2Cl/c1-3-11-5-6-12(4-2)14(9-11)17(19)15-10-13(20)7-8-16(15)18/h5-10,17H,3-4H2,1-2H3. The molecule has 0 radical (unpaired) electrons. The fourth-order valence-electron chi connectivity index (χ4n) is 2.30. The SMILES string of the molecule is CCc1ccc(CC)c(C(Br)c2cc(Cl)ccc2Br)c1. The minimum atomic E-state index is 0.150. The van der Waals surface area contributed by atoms with E-state index in [0.29, 0.717) is 0 Å². The quantitative estimate of drug-likeness (QED) is 0.486. The third-order valence-corrected chi connectivity index (χ3v) is 5.45. The fraction of sp³-hybridized carbons (Fsp3) is 0.294. The molecule has 2 aromatic rings. The summed E-state index contributed by atoms with van der Waals surface area (Å²) in [5, 5.41) is 0.761. The predicted molar refractivity (Wildman–Crippen MR) is 95.1 cm³/mol. The van der Waals surface area contributed by atoms with Crippen molar-refractivity contribution < 1.29 is 0 Å². The zero-order valence-electron chi connectivity index (χ0n) is 11.6. The Labute approximate surface area is 142 Å². The second-order valence-electron chi connectivity index (χ2n) is 4.77. The van der Waals surface area contributed by atoms with Crippen LogP contribution in [0.25, 0.3) is 0 Å². The summed E-state index contributed by atoms with van der Waals surface area (Å²) in [6.45, 7) is 4.38. The molecule has 0 heterocycles. The Morgan fingerprint density at radius 3 is 2.40 bits per heavy atom. The van der Waals surface area contributed by atoms with E-state index >= 15 is 0 Å². The Morgan fingerprint density at radius 1 is 1.00 bits per heavy atom. The topological polar surface area (TPSA) is 0 Å². The molecule has 0 nitrogen and oxygen atoms in total. The zero-order valence-corrected chi connectivity index (χ0v) is 15.5. The molecule has 3 heteroatoms. The average Bonchev–Trinajstić information content (AvgIpc) is 2.48. The first-order chi connectivity index (χ1) is 9.56. The van der Waals surface area contributed by atoms with Gasteiger partial charge in [0.2, 0.25) is 0 Å². The van der Waals surface area contributed by atoms with Crippen molar-refractivity contribution in [2.75, 3.05) is 0 Å². The largest absolute Gasteiger partial charge is 0.0843 e. The molecule has 0 spiro atoms. The van der Waals surface area contributed by atoms with Gasteiger partial charge in [-0.3, -0.25) is 0 Å². The summed E-state index contributed by atoms with van der Waals surface area (Å²) in [4.78, 5) is 0.150. The number of aryl methyl sites for hydroxylation is 2. The van der Waals surface area contributed by atoms with Crippen molar-refractivity contribution in [3.05, 3.63) is 68.1 Å². The van der Waals surface area contributed by atoms with E-state index in [0.717, 1.165) is 22.3 Å². The van der Waals surface area contributed by atoms with E-state index in [1.54, 1.807) is 0 Å². The molecule has 0 saturated carbocycles. The molecule has 2 aromatic carbocycles. The van der Waals surface area contributed by atoms with Gasteiger partial charge >= 0.3 is 0 Å². The van der Waals surface area contributed by atoms with Crippen molar-refractivity contribution in [2.45, 2.75) is 31.5 Å². The molecule has 0 amide bonds. The first-order valence-corrected chi connectivity index (χ1v) is 8.86. The van der Waals surface area contributed by atoms with Gasteiger partial charge in [0, 0.05) is 9.50 Å². The van der Waals surface area contributed by atoms with Gasteiger partial charge in [0.25, 0.3) is 0 Å². The summed E-state index contributed by atoms with van der Waals surface area (Å²) in [6.07, 6.45) is 2.08. The van der Waals surface area contributed by atoms with Crippen LogP contribution in [0, 0.1) is 0 Å². The van der Waals surface area contributed by atoms with E-state index in [1.807, 2.05) is 18.2 Å². The van der Waals surface area contributed by atoms with Gasteiger partial charge in [-0.25, -0.2) is 0 Å². The highest BCUT2D eigenvalue weighted by atomic mass is 79.9. The Morgan fingerprint density at radius 2 is 1.75 bits per heavy atom. The van der Waals surface area contributed by atoms with E-state index in [2.05, 4.69) is 63.9 Å². The van der Waals surface area contributed by atoms with Crippen molar-refractivity contribution >= 4 is 43.5 Å². The number of rotatable bonds is 4. The monoisotopic (exact) mass is 414 g/mol. The van der Waals surface area contributed by atoms with Crippen molar-refractivity contribution in [3.63, 3.8) is 0 Å². The lowest BCUT2D eigenvalue weighted by Crippen LogP contribution is -2.00. The van der Waals surface area contributed by atoms with Crippen LogP contribution in [-0.4, -0.2) is 0 Å². The third-order valence-electron chi connectivity index (χ3n) is 3.50. The molecular weight excluding hydrogens is 399 g/mol. The van der Waals surface area contributed by atoms with Gasteiger partial charge in [0.15, 0.2) is 0 Å². The molecule has 0 N–H and O–H groups in total. The van der Waals surface area contributed by atoms with Crippen LogP contribution >= 0.6 is 43.5 Å². The minimum Gasteiger partial charge on any atom is -0.0843 e. The molecule has 0 saturated heterocycles. The smallest absolute Gasteiger partial charge is 0.0658 e. The van der Waals surface area contributed by atoms with Gasteiger partial charge in [-0.15, -0.1) is 0 Å². The van der Waals surface area contributed by atoms with Crippen LogP contribution in [0.5, 0.6) is 0 Å². The summed E-state index contributed by atoms with van der Waals surface area (Å²) < 4.78 is 1.08. The van der Waals surface area contributed by atoms with Crippen molar-refractivity contribution in [1.29, 1.82) is 0 Å². The summed E-state index contributed by atoms with van der Waals surface area (Å²) in [7, 11) is 0. The summed E-state index contributed by atoms with van der Waals surface area (Å²) in [6, 6.07) is 12.7. The van der Waals surface area contributed by atoms with Crippen molar-refractivity contribution in [3.8, 4) is 0 Å². The summed E-state index contributed by atoms with van der Waals surface area (Å²) in [5.41, 5.74) is 5.23. The molecule has 0 fully saturated rings. The summed E-state index contributed by atoms with van der Waals surface area (Å²) >= 11 is 13.6. The van der Waals surface area contributed by atoms with Gasteiger partial charge in [0.1, 0.15) is 0 Å². The molecule has 0 aromatic heterocycles. The van der Waals surface area contributed by atoms with Gasteiger partial charge < -0.3 is 0 Å². The maximum absolute atomic E-state index is 6.14. The number of alkyl halides is 1. The average molecular weight is 417 g/mol. The number of halogens is 3. The highest BCUT2D eigenvalue weighted by molar-refractivity contribution is 9.11. The fourth-order valence-corrected chi connectivity index (χ4v) is 4.07. The lowest BCUT2D eigenvalue weighted by molar-refractivity contribution is 1.03. The van der Waals surface area contributed by atoms with Crippen LogP contribution in [0.1, 0.15) is 40.9 Å². The molecule has 0 aliphatic carbocycles. The van der Waals surface area contributed by atoms with Gasteiger partial charge in [-0.1, -0.05) is 75.5 Å². The van der Waals surface area contributed by atoms with Gasteiger partial charge in [-0.2, -0.15) is 0 Å².